The maximum Gasteiger partial charge on any atom is 0.289 e. The van der Waals surface area contributed by atoms with Crippen LogP contribution in [0.4, 0.5) is 0 Å². The van der Waals surface area contributed by atoms with Gasteiger partial charge in [0.05, 0.1) is 0 Å². The summed E-state index contributed by atoms with van der Waals surface area (Å²) < 4.78 is 32.7. The number of rotatable bonds is 6. The van der Waals surface area contributed by atoms with Crippen molar-refractivity contribution in [3.63, 3.8) is 0 Å². The number of amides is 1. The van der Waals surface area contributed by atoms with Crippen molar-refractivity contribution in [2.75, 3.05) is 6.54 Å². The third-order valence-electron chi connectivity index (χ3n) is 5.93. The van der Waals surface area contributed by atoms with E-state index in [0.29, 0.717) is 6.54 Å². The Morgan fingerprint density at radius 2 is 1.83 bits per heavy atom. The first-order valence-corrected chi connectivity index (χ1v) is 11.9. The van der Waals surface area contributed by atoms with Crippen molar-refractivity contribution in [3.8, 4) is 0 Å². The average Bonchev–Trinajstić information content (AvgIpc) is 3.20. The maximum absolute atomic E-state index is 13.1. The lowest BCUT2D eigenvalue weighted by atomic mass is 9.97. The van der Waals surface area contributed by atoms with Crippen LogP contribution in [0, 0.1) is 0 Å². The highest BCUT2D eigenvalue weighted by Crippen LogP contribution is 2.28. The minimum absolute atomic E-state index is 0.0112. The molecule has 1 amide bonds. The molecule has 156 valence electrons. The van der Waals surface area contributed by atoms with E-state index in [2.05, 4.69) is 35.1 Å². The zero-order valence-electron chi connectivity index (χ0n) is 16.6. The van der Waals surface area contributed by atoms with E-state index in [1.165, 1.54) is 28.5 Å². The van der Waals surface area contributed by atoms with Crippen LogP contribution in [0.2, 0.25) is 0 Å². The minimum atomic E-state index is -3.71. The van der Waals surface area contributed by atoms with Gasteiger partial charge >= 0.3 is 0 Å². The molecule has 6 nitrogen and oxygen atoms in total. The van der Waals surface area contributed by atoms with Gasteiger partial charge in [-0.15, -0.1) is 0 Å². The van der Waals surface area contributed by atoms with Crippen LogP contribution in [0.25, 0.3) is 10.8 Å². The smallest absolute Gasteiger partial charge is 0.289 e. The fourth-order valence-electron chi connectivity index (χ4n) is 4.24. The Balaban J connectivity index is 1.35. The Morgan fingerprint density at radius 3 is 2.67 bits per heavy atom. The normalized spacial score (nSPS) is 19.5. The Kier molecular flexibility index (Phi) is 4.87. The number of nitrogens with one attached hydrogen (secondary N) is 1. The molecule has 1 N–H and O–H groups in total. The Morgan fingerprint density at radius 1 is 1.03 bits per heavy atom. The van der Waals surface area contributed by atoms with Gasteiger partial charge in [0, 0.05) is 18.6 Å². The molecule has 1 atom stereocenters. The highest BCUT2D eigenvalue weighted by molar-refractivity contribution is 7.89. The van der Waals surface area contributed by atoms with Crippen LogP contribution in [0.15, 0.2) is 64.1 Å². The molecule has 1 saturated carbocycles. The van der Waals surface area contributed by atoms with Gasteiger partial charge in [-0.1, -0.05) is 42.5 Å². The molecule has 5 rings (SSSR count). The first-order valence-electron chi connectivity index (χ1n) is 10.4. The number of likely N-dealkylation sites (tertiary alicyclic amines) is 1. The van der Waals surface area contributed by atoms with E-state index in [1.807, 2.05) is 17.0 Å². The van der Waals surface area contributed by atoms with Gasteiger partial charge in [0.25, 0.3) is 15.9 Å². The number of hydrogen-bond acceptors (Lipinski definition) is 4. The lowest BCUT2D eigenvalue weighted by Crippen LogP contribution is -2.36. The molecule has 1 saturated heterocycles. The van der Waals surface area contributed by atoms with Crippen molar-refractivity contribution in [1.29, 1.82) is 0 Å². The van der Waals surface area contributed by atoms with Crippen LogP contribution >= 0.6 is 0 Å². The molecule has 0 unspecified atom stereocenters. The lowest BCUT2D eigenvalue weighted by molar-refractivity contribution is 0.0698. The fourth-order valence-corrected chi connectivity index (χ4v) is 5.48. The highest BCUT2D eigenvalue weighted by atomic mass is 32.2. The number of nitrogens with zero attached hydrogens (tertiary/aromatic N) is 1. The van der Waals surface area contributed by atoms with E-state index < -0.39 is 10.0 Å². The van der Waals surface area contributed by atoms with Gasteiger partial charge in [-0.3, -0.25) is 4.79 Å². The van der Waals surface area contributed by atoms with Crippen LogP contribution in [-0.4, -0.2) is 37.9 Å². The molecule has 30 heavy (non-hydrogen) atoms. The molecular weight excluding hydrogens is 400 g/mol. The van der Waals surface area contributed by atoms with E-state index in [-0.39, 0.29) is 28.8 Å². The zero-order valence-corrected chi connectivity index (χ0v) is 17.4. The highest BCUT2D eigenvalue weighted by Gasteiger charge is 2.34. The predicted octanol–water partition coefficient (Wildman–Crippen LogP) is 3.72. The van der Waals surface area contributed by atoms with E-state index >= 15 is 0 Å². The first-order chi connectivity index (χ1) is 14.5. The SMILES string of the molecule is O=C(c1ccc(S(=O)(=O)NC2CC2)o1)N1CCC[C@H]1Cc1cccc2ccccc12. The van der Waals surface area contributed by atoms with Gasteiger partial charge in [-0.05, 0) is 60.6 Å². The largest absolute Gasteiger partial charge is 0.438 e. The Bertz CT molecular complexity index is 1190. The van der Waals surface area contributed by atoms with Crippen molar-refractivity contribution in [2.45, 2.75) is 49.3 Å². The summed E-state index contributed by atoms with van der Waals surface area (Å²) >= 11 is 0. The summed E-state index contributed by atoms with van der Waals surface area (Å²) in [7, 11) is -3.71. The summed E-state index contributed by atoms with van der Waals surface area (Å²) in [5.41, 5.74) is 1.22. The summed E-state index contributed by atoms with van der Waals surface area (Å²) in [5, 5.41) is 2.20. The molecule has 2 fully saturated rings. The quantitative estimate of drug-likeness (QED) is 0.654. The molecule has 1 aromatic heterocycles. The number of carbonyl (C=O) groups is 1. The van der Waals surface area contributed by atoms with Gasteiger partial charge in [0.2, 0.25) is 5.09 Å². The zero-order chi connectivity index (χ0) is 20.7. The second-order valence-electron chi connectivity index (χ2n) is 8.15. The molecule has 2 aliphatic rings. The van der Waals surface area contributed by atoms with Gasteiger partial charge < -0.3 is 9.32 Å². The van der Waals surface area contributed by atoms with Crippen molar-refractivity contribution < 1.29 is 17.6 Å². The number of carbonyl (C=O) groups excluding carboxylic acids is 1. The number of hydrogen-bond donors (Lipinski definition) is 1. The number of sulfonamides is 1. The van der Waals surface area contributed by atoms with E-state index in [0.717, 1.165) is 32.1 Å². The molecular formula is C23H24N2O4S. The second-order valence-corrected chi connectivity index (χ2v) is 9.80. The van der Waals surface area contributed by atoms with Crippen LogP contribution in [0.5, 0.6) is 0 Å². The molecule has 2 aromatic carbocycles. The van der Waals surface area contributed by atoms with Crippen LogP contribution in [0.1, 0.15) is 41.8 Å². The third kappa shape index (κ3) is 3.75. The molecule has 1 aliphatic carbocycles. The van der Waals surface area contributed by atoms with Crippen LogP contribution in [0.3, 0.4) is 0 Å². The van der Waals surface area contributed by atoms with Crippen molar-refractivity contribution >= 4 is 26.7 Å². The second kappa shape index (κ2) is 7.56. The fraction of sp³-hybridized carbons (Fsp3) is 0.348. The molecule has 7 heteroatoms. The summed E-state index contributed by atoms with van der Waals surface area (Å²) in [5.74, 6) is -0.165. The van der Waals surface area contributed by atoms with E-state index in [1.54, 1.807) is 0 Å². The van der Waals surface area contributed by atoms with Crippen LogP contribution in [-0.2, 0) is 16.4 Å². The molecule has 1 aliphatic heterocycles. The number of fused-ring (bicyclic) bond motifs is 1. The summed E-state index contributed by atoms with van der Waals surface area (Å²) in [4.78, 5) is 14.9. The van der Waals surface area contributed by atoms with Crippen LogP contribution < -0.4 is 4.72 Å². The molecule has 3 aromatic rings. The molecule has 0 spiro atoms. The first kappa shape index (κ1) is 19.3. The van der Waals surface area contributed by atoms with Gasteiger partial charge in [-0.2, -0.15) is 0 Å². The topological polar surface area (TPSA) is 79.6 Å². The maximum atomic E-state index is 13.1. The summed E-state index contributed by atoms with van der Waals surface area (Å²) in [6.45, 7) is 0.650. The van der Waals surface area contributed by atoms with E-state index in [4.69, 9.17) is 4.42 Å². The average molecular weight is 425 g/mol. The standard InChI is InChI=1S/C23H24N2O4S/c26-23(21-12-13-22(29-21)30(27,28)24-18-10-11-18)25-14-4-8-19(25)15-17-7-3-6-16-5-1-2-9-20(16)17/h1-3,5-7,9,12-13,18-19,24H,4,8,10-11,14-15H2/t19-/m0/s1. The van der Waals surface area contributed by atoms with Gasteiger partial charge in [0.15, 0.2) is 5.76 Å². The van der Waals surface area contributed by atoms with Crippen molar-refractivity contribution in [1.82, 2.24) is 9.62 Å². The van der Waals surface area contributed by atoms with E-state index in [9.17, 15) is 13.2 Å². The molecule has 0 radical (unpaired) electrons. The minimum Gasteiger partial charge on any atom is -0.438 e. The molecule has 2 heterocycles. The lowest BCUT2D eigenvalue weighted by Gasteiger charge is -2.24. The predicted molar refractivity (Wildman–Crippen MR) is 114 cm³/mol. The number of benzene rings is 2. The van der Waals surface area contributed by atoms with Crippen molar-refractivity contribution in [3.05, 3.63) is 65.9 Å². The van der Waals surface area contributed by atoms with Gasteiger partial charge in [-0.25, -0.2) is 13.1 Å². The summed E-state index contributed by atoms with van der Waals surface area (Å²) in [6, 6.07) is 17.4. The molecule has 0 bridgehead atoms. The van der Waals surface area contributed by atoms with Gasteiger partial charge in [0.1, 0.15) is 0 Å². The Hall–Kier alpha value is -2.64. The monoisotopic (exact) mass is 424 g/mol. The van der Waals surface area contributed by atoms with Crippen molar-refractivity contribution in [2.24, 2.45) is 0 Å². The Labute approximate surface area is 175 Å². The third-order valence-corrected chi connectivity index (χ3v) is 7.32. The summed E-state index contributed by atoms with van der Waals surface area (Å²) in [6.07, 6.45) is 4.30. The number of furan rings is 1.